The molecule has 5 nitrogen and oxygen atoms in total. The molecule has 7 heteroatoms. The van der Waals surface area contributed by atoms with E-state index in [-0.39, 0.29) is 5.75 Å². The molecule has 0 saturated carbocycles. The molecule has 1 heterocycles. The lowest BCUT2D eigenvalue weighted by Crippen LogP contribution is -2.24. The Balaban J connectivity index is 1.58. The first-order valence-corrected chi connectivity index (χ1v) is 11.4. The Morgan fingerprint density at radius 1 is 1.07 bits per heavy atom. The smallest absolute Gasteiger partial charge is 0.241 e. The molecule has 0 spiro atoms. The van der Waals surface area contributed by atoms with Gasteiger partial charge < -0.3 is 5.32 Å². The van der Waals surface area contributed by atoms with E-state index in [9.17, 15) is 13.2 Å². The predicted molar refractivity (Wildman–Crippen MR) is 111 cm³/mol. The van der Waals surface area contributed by atoms with E-state index in [1.54, 1.807) is 0 Å². The van der Waals surface area contributed by atoms with Crippen LogP contribution in [0.4, 0.5) is 5.13 Å². The molecule has 1 N–H and O–H groups in total. The van der Waals surface area contributed by atoms with Gasteiger partial charge in [0.2, 0.25) is 5.91 Å². The first kappa shape index (κ1) is 19.5. The van der Waals surface area contributed by atoms with Crippen molar-refractivity contribution in [2.75, 3.05) is 16.8 Å². The summed E-state index contributed by atoms with van der Waals surface area (Å²) in [7, 11) is -3.45. The van der Waals surface area contributed by atoms with E-state index in [0.29, 0.717) is 18.0 Å². The molecule has 3 aromatic rings. The Bertz CT molecular complexity index is 1020. The van der Waals surface area contributed by atoms with Crippen LogP contribution in [0.5, 0.6) is 0 Å². The number of thiazole rings is 1. The van der Waals surface area contributed by atoms with Gasteiger partial charge >= 0.3 is 0 Å². The van der Waals surface area contributed by atoms with Gasteiger partial charge in [-0.3, -0.25) is 4.79 Å². The van der Waals surface area contributed by atoms with Gasteiger partial charge in [0.15, 0.2) is 15.0 Å². The maximum Gasteiger partial charge on any atom is 0.241 e. The number of amides is 1. The van der Waals surface area contributed by atoms with Crippen LogP contribution in [-0.4, -0.2) is 30.8 Å². The van der Waals surface area contributed by atoms with E-state index in [1.807, 2.05) is 56.3 Å². The number of carbonyl (C=O) groups is 1. The second-order valence-corrected chi connectivity index (χ2v) is 9.81. The first-order valence-electron chi connectivity index (χ1n) is 8.75. The number of hydrogen-bond acceptors (Lipinski definition) is 5. The van der Waals surface area contributed by atoms with E-state index in [0.717, 1.165) is 26.9 Å². The maximum atomic E-state index is 12.2. The van der Waals surface area contributed by atoms with Crippen molar-refractivity contribution >= 4 is 42.4 Å². The van der Waals surface area contributed by atoms with Crippen molar-refractivity contribution in [3.05, 3.63) is 59.2 Å². The molecule has 142 valence electrons. The zero-order valence-electron chi connectivity index (χ0n) is 15.4. The number of anilines is 1. The average Bonchev–Trinajstić information content (AvgIpc) is 3.03. The molecule has 0 radical (unpaired) electrons. The Hall–Kier alpha value is -2.25. The number of nitrogens with zero attached hydrogens (tertiary/aromatic N) is 1. The summed E-state index contributed by atoms with van der Waals surface area (Å²) in [6.07, 6.45) is 1.18. The number of rotatable bonds is 7. The minimum Gasteiger partial charge on any atom is -0.301 e. The number of sulfone groups is 1. The fraction of sp³-hybridized carbons (Fsp3) is 0.300. The first-order chi connectivity index (χ1) is 12.8. The highest BCUT2D eigenvalue weighted by Crippen LogP contribution is 2.30. The summed E-state index contributed by atoms with van der Waals surface area (Å²) in [6, 6.07) is 13.7. The molecule has 2 aromatic carbocycles. The molecule has 3 rings (SSSR count). The normalized spacial score (nSPS) is 11.6. The van der Waals surface area contributed by atoms with Gasteiger partial charge in [-0.25, -0.2) is 13.4 Å². The molecule has 27 heavy (non-hydrogen) atoms. The second-order valence-electron chi connectivity index (χ2n) is 6.63. The van der Waals surface area contributed by atoms with Crippen molar-refractivity contribution < 1.29 is 13.2 Å². The SMILES string of the molecule is Cc1ccc(C)c2sc(NC(=O)CS(=O)(=O)CCCc3ccccc3)nc12. The van der Waals surface area contributed by atoms with Gasteiger partial charge in [-0.1, -0.05) is 53.8 Å². The van der Waals surface area contributed by atoms with Crippen LogP contribution in [0.2, 0.25) is 0 Å². The predicted octanol–water partition coefficient (Wildman–Crippen LogP) is 3.90. The van der Waals surface area contributed by atoms with Crippen molar-refractivity contribution in [3.63, 3.8) is 0 Å². The van der Waals surface area contributed by atoms with Gasteiger partial charge in [0.25, 0.3) is 0 Å². The number of benzene rings is 2. The summed E-state index contributed by atoms with van der Waals surface area (Å²) in [5, 5.41) is 3.08. The van der Waals surface area contributed by atoms with E-state index >= 15 is 0 Å². The summed E-state index contributed by atoms with van der Waals surface area (Å²) >= 11 is 1.37. The minimum atomic E-state index is -3.45. The summed E-state index contributed by atoms with van der Waals surface area (Å²) in [5.41, 5.74) is 4.06. The molecule has 0 aliphatic rings. The van der Waals surface area contributed by atoms with Crippen LogP contribution >= 0.6 is 11.3 Å². The summed E-state index contributed by atoms with van der Waals surface area (Å²) in [4.78, 5) is 16.6. The van der Waals surface area contributed by atoms with E-state index in [2.05, 4.69) is 10.3 Å². The molecular weight excluding hydrogens is 380 g/mol. The largest absolute Gasteiger partial charge is 0.301 e. The average molecular weight is 403 g/mol. The quantitative estimate of drug-likeness (QED) is 0.650. The molecule has 1 amide bonds. The highest BCUT2D eigenvalue weighted by atomic mass is 32.2. The Labute approximate surface area is 163 Å². The molecule has 0 fully saturated rings. The lowest BCUT2D eigenvalue weighted by molar-refractivity contribution is -0.113. The lowest BCUT2D eigenvalue weighted by atomic mass is 10.1. The number of nitrogens with one attached hydrogen (secondary N) is 1. The number of fused-ring (bicyclic) bond motifs is 1. The summed E-state index contributed by atoms with van der Waals surface area (Å²) < 4.78 is 25.5. The van der Waals surface area contributed by atoms with Gasteiger partial charge in [0, 0.05) is 0 Å². The number of hydrogen-bond donors (Lipinski definition) is 1. The highest BCUT2D eigenvalue weighted by molar-refractivity contribution is 7.92. The van der Waals surface area contributed by atoms with Crippen molar-refractivity contribution in [1.82, 2.24) is 4.98 Å². The van der Waals surface area contributed by atoms with Crippen LogP contribution < -0.4 is 5.32 Å². The molecule has 0 aliphatic carbocycles. The molecule has 0 bridgehead atoms. The van der Waals surface area contributed by atoms with E-state index < -0.39 is 21.5 Å². The third-order valence-corrected chi connectivity index (χ3v) is 7.02. The van der Waals surface area contributed by atoms with Gasteiger partial charge in [0.05, 0.1) is 16.0 Å². The van der Waals surface area contributed by atoms with Crippen LogP contribution in [0, 0.1) is 13.8 Å². The van der Waals surface area contributed by atoms with Crippen LogP contribution in [0.1, 0.15) is 23.1 Å². The minimum absolute atomic E-state index is 0.00657. The molecule has 0 saturated heterocycles. The third kappa shape index (κ3) is 5.14. The third-order valence-electron chi connectivity index (χ3n) is 4.30. The molecular formula is C20H22N2O3S2. The monoisotopic (exact) mass is 402 g/mol. The molecule has 0 atom stereocenters. The topological polar surface area (TPSA) is 76.1 Å². The molecule has 0 unspecified atom stereocenters. The van der Waals surface area contributed by atoms with Crippen LogP contribution in [-0.2, 0) is 21.1 Å². The van der Waals surface area contributed by atoms with Crippen molar-refractivity contribution in [2.24, 2.45) is 0 Å². The number of aromatic nitrogens is 1. The number of aryl methyl sites for hydroxylation is 3. The molecule has 1 aromatic heterocycles. The number of carbonyl (C=O) groups excluding carboxylic acids is 1. The van der Waals surface area contributed by atoms with Gasteiger partial charge in [-0.15, -0.1) is 0 Å². The maximum absolute atomic E-state index is 12.2. The van der Waals surface area contributed by atoms with Crippen molar-refractivity contribution in [2.45, 2.75) is 26.7 Å². The Morgan fingerprint density at radius 2 is 1.78 bits per heavy atom. The fourth-order valence-electron chi connectivity index (χ4n) is 2.88. The summed E-state index contributed by atoms with van der Waals surface area (Å²) in [6.45, 7) is 3.95. The van der Waals surface area contributed by atoms with E-state index in [1.165, 1.54) is 11.3 Å². The van der Waals surface area contributed by atoms with Crippen LogP contribution in [0.15, 0.2) is 42.5 Å². The van der Waals surface area contributed by atoms with Gasteiger partial charge in [-0.05, 0) is 43.4 Å². The zero-order valence-corrected chi connectivity index (χ0v) is 17.0. The zero-order chi connectivity index (χ0) is 19.4. The summed E-state index contributed by atoms with van der Waals surface area (Å²) in [5.74, 6) is -1.06. The van der Waals surface area contributed by atoms with Gasteiger partial charge in [0.1, 0.15) is 5.75 Å². The fourth-order valence-corrected chi connectivity index (χ4v) is 5.11. The van der Waals surface area contributed by atoms with Gasteiger partial charge in [-0.2, -0.15) is 0 Å². The molecule has 0 aliphatic heterocycles. The van der Waals surface area contributed by atoms with Crippen LogP contribution in [0.3, 0.4) is 0 Å². The second kappa shape index (κ2) is 8.19. The standard InChI is InChI=1S/C20H22N2O3S2/c1-14-10-11-15(2)19-18(14)22-20(26-19)21-17(23)13-27(24,25)12-6-9-16-7-4-3-5-8-16/h3-5,7-8,10-11H,6,9,12-13H2,1-2H3,(H,21,22,23). The highest BCUT2D eigenvalue weighted by Gasteiger charge is 2.18. The van der Waals surface area contributed by atoms with Crippen LogP contribution in [0.25, 0.3) is 10.2 Å². The van der Waals surface area contributed by atoms with Crippen molar-refractivity contribution in [1.29, 1.82) is 0 Å². The Kier molecular flexibility index (Phi) is 5.92. The Morgan fingerprint density at radius 3 is 2.48 bits per heavy atom. The van der Waals surface area contributed by atoms with Crippen molar-refractivity contribution in [3.8, 4) is 0 Å². The van der Waals surface area contributed by atoms with E-state index in [4.69, 9.17) is 0 Å². The lowest BCUT2D eigenvalue weighted by Gasteiger charge is -2.05.